The molecule has 1 saturated heterocycles. The number of hydrogen-bond acceptors (Lipinski definition) is 6. The van der Waals surface area contributed by atoms with Crippen LogP contribution >= 0.6 is 0 Å². The van der Waals surface area contributed by atoms with E-state index in [-0.39, 0.29) is 5.91 Å². The summed E-state index contributed by atoms with van der Waals surface area (Å²) in [6.07, 6.45) is -4.33. The van der Waals surface area contributed by atoms with Gasteiger partial charge in [-0.15, -0.1) is 0 Å². The van der Waals surface area contributed by atoms with Gasteiger partial charge in [0.15, 0.2) is 6.29 Å². The Morgan fingerprint density at radius 3 is 2.53 bits per heavy atom. The molecule has 1 heterocycles. The fourth-order valence-electron chi connectivity index (χ4n) is 1.78. The number of rotatable bonds is 4. The molecular weight excluding hydrogens is 230 g/mol. The first kappa shape index (κ1) is 14.3. The van der Waals surface area contributed by atoms with Gasteiger partial charge in [0.25, 0.3) is 0 Å². The number of carbonyl (C=O) groups is 1. The van der Waals surface area contributed by atoms with Crippen molar-refractivity contribution in [2.45, 2.75) is 44.5 Å². The highest BCUT2D eigenvalue weighted by Crippen LogP contribution is 2.21. The number of ether oxygens (including phenoxy) is 2. The van der Waals surface area contributed by atoms with E-state index in [1.165, 1.54) is 6.92 Å². The maximum atomic E-state index is 11.0. The summed E-state index contributed by atoms with van der Waals surface area (Å²) < 4.78 is 10.5. The highest BCUT2D eigenvalue weighted by molar-refractivity contribution is 5.73. The Morgan fingerprint density at radius 1 is 1.41 bits per heavy atom. The number of nitrogens with one attached hydrogen (secondary N) is 1. The first-order valence-electron chi connectivity index (χ1n) is 5.52. The lowest BCUT2D eigenvalue weighted by molar-refractivity contribution is -0.268. The number of aliphatic hydroxyl groups excluding tert-OH is 3. The Labute approximate surface area is 99.3 Å². The zero-order valence-electron chi connectivity index (χ0n) is 9.87. The van der Waals surface area contributed by atoms with Crippen LogP contribution in [-0.4, -0.2) is 65.1 Å². The fraction of sp³-hybridized carbons (Fsp3) is 0.900. The van der Waals surface area contributed by atoms with E-state index in [0.29, 0.717) is 6.61 Å². The largest absolute Gasteiger partial charge is 0.394 e. The van der Waals surface area contributed by atoms with Crippen LogP contribution in [-0.2, 0) is 14.3 Å². The maximum absolute atomic E-state index is 11.0. The number of amides is 1. The average molecular weight is 249 g/mol. The molecule has 7 heteroatoms. The first-order chi connectivity index (χ1) is 8.01. The molecule has 0 aliphatic carbocycles. The molecule has 1 fully saturated rings. The summed E-state index contributed by atoms with van der Waals surface area (Å²) in [4.78, 5) is 11.0. The summed E-state index contributed by atoms with van der Waals surface area (Å²) >= 11 is 0. The highest BCUT2D eigenvalue weighted by Gasteiger charge is 2.45. The Hall–Kier alpha value is -0.730. The van der Waals surface area contributed by atoms with E-state index in [1.54, 1.807) is 6.92 Å². The smallest absolute Gasteiger partial charge is 0.217 e. The van der Waals surface area contributed by atoms with Crippen LogP contribution in [0.2, 0.25) is 0 Å². The standard InChI is InChI=1S/C10H19NO6/c1-3-16-10-7(11-5(2)13)9(15)8(14)6(4-12)17-10/h6-10,12,14-15H,3-4H2,1-2H3,(H,11,13)/t6-,7-,8+,9+,10-/m1/s1. The van der Waals surface area contributed by atoms with Crippen LogP contribution in [0.3, 0.4) is 0 Å². The van der Waals surface area contributed by atoms with Crippen molar-refractivity contribution in [1.29, 1.82) is 0 Å². The molecule has 1 aliphatic rings. The molecule has 4 N–H and O–H groups in total. The molecule has 0 spiro atoms. The lowest BCUT2D eigenvalue weighted by Crippen LogP contribution is -2.64. The van der Waals surface area contributed by atoms with Crippen molar-refractivity contribution < 1.29 is 29.6 Å². The van der Waals surface area contributed by atoms with Gasteiger partial charge in [-0.1, -0.05) is 0 Å². The molecule has 1 aliphatic heterocycles. The predicted molar refractivity (Wildman–Crippen MR) is 57.0 cm³/mol. The Kier molecular flexibility index (Phi) is 5.29. The second kappa shape index (κ2) is 6.27. The van der Waals surface area contributed by atoms with Crippen LogP contribution in [0.15, 0.2) is 0 Å². The van der Waals surface area contributed by atoms with Crippen molar-refractivity contribution >= 4 is 5.91 Å². The predicted octanol–water partition coefficient (Wildman–Crippen LogP) is -2.03. The van der Waals surface area contributed by atoms with Crippen molar-refractivity contribution in [2.75, 3.05) is 13.2 Å². The minimum atomic E-state index is -1.27. The summed E-state index contributed by atoms with van der Waals surface area (Å²) in [7, 11) is 0. The highest BCUT2D eigenvalue weighted by atomic mass is 16.7. The van der Waals surface area contributed by atoms with Crippen LogP contribution < -0.4 is 5.32 Å². The molecule has 0 aromatic heterocycles. The number of carbonyl (C=O) groups excluding carboxylic acids is 1. The monoisotopic (exact) mass is 249 g/mol. The molecule has 0 aromatic carbocycles. The summed E-state index contributed by atoms with van der Waals surface area (Å²) in [5.74, 6) is -0.364. The minimum Gasteiger partial charge on any atom is -0.394 e. The van der Waals surface area contributed by atoms with Gasteiger partial charge in [0.2, 0.25) is 5.91 Å². The second-order valence-electron chi connectivity index (χ2n) is 3.89. The summed E-state index contributed by atoms with van der Waals surface area (Å²) in [5.41, 5.74) is 0. The van der Waals surface area contributed by atoms with Crippen molar-refractivity contribution in [3.8, 4) is 0 Å². The van der Waals surface area contributed by atoms with Crippen molar-refractivity contribution in [3.63, 3.8) is 0 Å². The molecule has 1 rings (SSSR count). The van der Waals surface area contributed by atoms with Gasteiger partial charge in [-0.3, -0.25) is 4.79 Å². The van der Waals surface area contributed by atoms with Gasteiger partial charge >= 0.3 is 0 Å². The molecule has 0 bridgehead atoms. The van der Waals surface area contributed by atoms with E-state index in [9.17, 15) is 15.0 Å². The molecular formula is C10H19NO6. The third-order valence-corrected chi connectivity index (χ3v) is 2.58. The van der Waals surface area contributed by atoms with E-state index in [0.717, 1.165) is 0 Å². The number of aliphatic hydroxyl groups is 3. The van der Waals surface area contributed by atoms with E-state index in [1.807, 2.05) is 0 Å². The maximum Gasteiger partial charge on any atom is 0.217 e. The minimum absolute atomic E-state index is 0.321. The van der Waals surface area contributed by atoms with Crippen molar-refractivity contribution in [3.05, 3.63) is 0 Å². The van der Waals surface area contributed by atoms with Crippen LogP contribution in [0.25, 0.3) is 0 Å². The van der Waals surface area contributed by atoms with E-state index in [2.05, 4.69) is 5.32 Å². The SMILES string of the molecule is CCO[C@@H]1O[C@H](CO)[C@H](O)[C@@H](O)[C@H]1NC(C)=O. The van der Waals surface area contributed by atoms with Crippen LogP contribution in [0.5, 0.6) is 0 Å². The van der Waals surface area contributed by atoms with E-state index < -0.39 is 37.3 Å². The first-order valence-corrected chi connectivity index (χ1v) is 5.52. The fourth-order valence-corrected chi connectivity index (χ4v) is 1.78. The Morgan fingerprint density at radius 2 is 2.06 bits per heavy atom. The topological polar surface area (TPSA) is 108 Å². The van der Waals surface area contributed by atoms with E-state index >= 15 is 0 Å². The van der Waals surface area contributed by atoms with E-state index in [4.69, 9.17) is 14.6 Å². The third-order valence-electron chi connectivity index (χ3n) is 2.58. The molecule has 100 valence electrons. The Balaban J connectivity index is 2.78. The third kappa shape index (κ3) is 3.36. The summed E-state index contributed by atoms with van der Waals surface area (Å²) in [6, 6.07) is -0.856. The van der Waals surface area contributed by atoms with Crippen molar-refractivity contribution in [1.82, 2.24) is 5.32 Å². The lowest BCUT2D eigenvalue weighted by Gasteiger charge is -2.42. The van der Waals surface area contributed by atoms with Crippen LogP contribution in [0.1, 0.15) is 13.8 Å². The van der Waals surface area contributed by atoms with Gasteiger partial charge in [0, 0.05) is 13.5 Å². The van der Waals surface area contributed by atoms with Gasteiger partial charge in [-0.2, -0.15) is 0 Å². The van der Waals surface area contributed by atoms with Gasteiger partial charge in [0.1, 0.15) is 24.4 Å². The molecule has 1 amide bonds. The molecule has 0 saturated carbocycles. The van der Waals surface area contributed by atoms with Crippen LogP contribution in [0, 0.1) is 0 Å². The van der Waals surface area contributed by atoms with Gasteiger partial charge < -0.3 is 30.1 Å². The summed E-state index contributed by atoms with van der Waals surface area (Å²) in [5, 5.41) is 31.0. The quantitative estimate of drug-likeness (QED) is 0.457. The molecule has 17 heavy (non-hydrogen) atoms. The second-order valence-corrected chi connectivity index (χ2v) is 3.89. The van der Waals surface area contributed by atoms with Gasteiger partial charge in [-0.25, -0.2) is 0 Å². The number of hydrogen-bond donors (Lipinski definition) is 4. The normalized spacial score (nSPS) is 37.8. The zero-order chi connectivity index (χ0) is 13.0. The van der Waals surface area contributed by atoms with Crippen molar-refractivity contribution in [2.24, 2.45) is 0 Å². The molecule has 7 nitrogen and oxygen atoms in total. The lowest BCUT2D eigenvalue weighted by atomic mass is 9.97. The van der Waals surface area contributed by atoms with Crippen LogP contribution in [0.4, 0.5) is 0 Å². The van der Waals surface area contributed by atoms with Gasteiger partial charge in [-0.05, 0) is 6.92 Å². The average Bonchev–Trinajstić information content (AvgIpc) is 2.28. The zero-order valence-corrected chi connectivity index (χ0v) is 9.87. The molecule has 0 radical (unpaired) electrons. The Bertz CT molecular complexity index is 261. The summed E-state index contributed by atoms with van der Waals surface area (Å²) in [6.45, 7) is 2.91. The van der Waals surface area contributed by atoms with Gasteiger partial charge in [0.05, 0.1) is 6.61 Å². The molecule has 0 unspecified atom stereocenters. The molecule has 0 aromatic rings. The molecule has 5 atom stereocenters.